The fraction of sp³-hybridized carbons (Fsp3) is 0.600. The second kappa shape index (κ2) is 6.15. The number of rotatable bonds is 5. The molecular weight excluding hydrogens is 240 g/mol. The summed E-state index contributed by atoms with van der Waals surface area (Å²) in [5.74, 6) is 1.48. The predicted octanol–water partition coefficient (Wildman–Crippen LogP) is 3.68. The fourth-order valence-corrected chi connectivity index (χ4v) is 2.98. The van der Waals surface area contributed by atoms with Gasteiger partial charge in [0.2, 0.25) is 0 Å². The molecule has 1 N–H and O–H groups in total. The summed E-state index contributed by atoms with van der Waals surface area (Å²) in [4.78, 5) is 10.7. The van der Waals surface area contributed by atoms with Gasteiger partial charge in [-0.1, -0.05) is 38.0 Å². The van der Waals surface area contributed by atoms with E-state index in [0.29, 0.717) is 5.92 Å². The van der Waals surface area contributed by atoms with E-state index in [2.05, 4.69) is 12.2 Å². The minimum atomic E-state index is -0.300. The first-order valence-corrected chi connectivity index (χ1v) is 7.06. The Hall–Kier alpha value is -1.42. The Kier molecular flexibility index (Phi) is 4.53. The lowest BCUT2D eigenvalue weighted by Crippen LogP contribution is -2.27. The summed E-state index contributed by atoms with van der Waals surface area (Å²) in [7, 11) is 0. The van der Waals surface area contributed by atoms with Crippen molar-refractivity contribution in [2.24, 2.45) is 11.8 Å². The minimum Gasteiger partial charge on any atom is -0.310 e. The first-order chi connectivity index (χ1) is 9.09. The van der Waals surface area contributed by atoms with E-state index in [9.17, 15) is 10.1 Å². The molecule has 0 aromatic heterocycles. The zero-order valence-corrected chi connectivity index (χ0v) is 11.6. The summed E-state index contributed by atoms with van der Waals surface area (Å²) in [5.41, 5.74) is 0.986. The smallest absolute Gasteiger partial charge is 0.274 e. The molecule has 19 heavy (non-hydrogen) atoms. The van der Waals surface area contributed by atoms with Crippen LogP contribution in [0.5, 0.6) is 0 Å². The van der Waals surface area contributed by atoms with Crippen LogP contribution in [0.15, 0.2) is 24.3 Å². The Morgan fingerprint density at radius 3 is 2.79 bits per heavy atom. The topological polar surface area (TPSA) is 55.2 Å². The van der Waals surface area contributed by atoms with Gasteiger partial charge in [-0.25, -0.2) is 0 Å². The number of nitrogens with one attached hydrogen (secondary N) is 1. The molecule has 0 saturated heterocycles. The van der Waals surface area contributed by atoms with Crippen molar-refractivity contribution < 1.29 is 4.92 Å². The van der Waals surface area contributed by atoms with Gasteiger partial charge in [0.05, 0.1) is 4.92 Å². The largest absolute Gasteiger partial charge is 0.310 e. The highest BCUT2D eigenvalue weighted by Gasteiger charge is 2.24. The Balaban J connectivity index is 1.99. The molecule has 2 rings (SSSR count). The Bertz CT molecular complexity index is 448. The maximum absolute atomic E-state index is 11.0. The van der Waals surface area contributed by atoms with Gasteiger partial charge < -0.3 is 5.32 Å². The lowest BCUT2D eigenvalue weighted by atomic mass is 9.97. The van der Waals surface area contributed by atoms with E-state index in [1.807, 2.05) is 19.1 Å². The number of hydrogen-bond donors (Lipinski definition) is 1. The van der Waals surface area contributed by atoms with Crippen molar-refractivity contribution in [3.63, 3.8) is 0 Å². The van der Waals surface area contributed by atoms with E-state index < -0.39 is 0 Å². The molecule has 1 aliphatic rings. The predicted molar refractivity (Wildman–Crippen MR) is 76.0 cm³/mol. The molecule has 0 heterocycles. The summed E-state index contributed by atoms with van der Waals surface area (Å²) < 4.78 is 0. The van der Waals surface area contributed by atoms with Gasteiger partial charge in [-0.05, 0) is 31.7 Å². The van der Waals surface area contributed by atoms with Crippen molar-refractivity contribution in [1.29, 1.82) is 0 Å². The van der Waals surface area contributed by atoms with Gasteiger partial charge in [0.25, 0.3) is 5.69 Å². The van der Waals surface area contributed by atoms with Crippen LogP contribution >= 0.6 is 0 Å². The monoisotopic (exact) mass is 262 g/mol. The van der Waals surface area contributed by atoms with Crippen LogP contribution in [-0.2, 0) is 0 Å². The van der Waals surface area contributed by atoms with Crippen LogP contribution in [0.4, 0.5) is 5.69 Å². The van der Waals surface area contributed by atoms with E-state index in [1.165, 1.54) is 19.3 Å². The molecule has 0 radical (unpaired) electrons. The van der Waals surface area contributed by atoms with Gasteiger partial charge in [0.15, 0.2) is 0 Å². The molecule has 3 unspecified atom stereocenters. The molecule has 3 atom stereocenters. The molecule has 0 aliphatic heterocycles. The highest BCUT2D eigenvalue weighted by Crippen LogP contribution is 2.31. The van der Waals surface area contributed by atoms with E-state index in [1.54, 1.807) is 12.1 Å². The Labute approximate surface area is 114 Å². The highest BCUT2D eigenvalue weighted by molar-refractivity contribution is 5.41. The number of nitro groups is 1. The maximum atomic E-state index is 11.0. The van der Waals surface area contributed by atoms with E-state index in [-0.39, 0.29) is 16.7 Å². The second-order valence-electron chi connectivity index (χ2n) is 5.61. The average molecular weight is 262 g/mol. The Morgan fingerprint density at radius 1 is 1.42 bits per heavy atom. The van der Waals surface area contributed by atoms with Gasteiger partial charge in [0, 0.05) is 17.7 Å². The molecule has 0 bridgehead atoms. The van der Waals surface area contributed by atoms with Crippen molar-refractivity contribution in [2.45, 2.75) is 39.2 Å². The zero-order valence-electron chi connectivity index (χ0n) is 11.6. The van der Waals surface area contributed by atoms with Crippen LogP contribution in [0.3, 0.4) is 0 Å². The second-order valence-corrected chi connectivity index (χ2v) is 5.61. The molecule has 0 spiro atoms. The molecule has 104 valence electrons. The minimum absolute atomic E-state index is 0.0226. The van der Waals surface area contributed by atoms with E-state index in [0.717, 1.165) is 18.0 Å². The standard InChI is InChI=1S/C15H22N2O2/c1-11-6-5-7-13(11)10-16-12(2)14-8-3-4-9-15(14)17(18)19/h3-4,8-9,11-13,16H,5-7,10H2,1-2H3. The lowest BCUT2D eigenvalue weighted by Gasteiger charge is -2.20. The summed E-state index contributed by atoms with van der Waals surface area (Å²) >= 11 is 0. The summed E-state index contributed by atoms with van der Waals surface area (Å²) in [6.07, 6.45) is 3.90. The van der Waals surface area contributed by atoms with Gasteiger partial charge in [-0.15, -0.1) is 0 Å². The molecule has 4 nitrogen and oxygen atoms in total. The molecule has 1 aliphatic carbocycles. The van der Waals surface area contributed by atoms with Crippen LogP contribution in [0.2, 0.25) is 0 Å². The van der Waals surface area contributed by atoms with Gasteiger partial charge in [0.1, 0.15) is 0 Å². The van der Waals surface area contributed by atoms with Crippen LogP contribution in [0.25, 0.3) is 0 Å². The van der Waals surface area contributed by atoms with Gasteiger partial charge >= 0.3 is 0 Å². The van der Waals surface area contributed by atoms with E-state index >= 15 is 0 Å². The number of para-hydroxylation sites is 1. The van der Waals surface area contributed by atoms with Crippen molar-refractivity contribution in [1.82, 2.24) is 5.32 Å². The molecule has 1 fully saturated rings. The van der Waals surface area contributed by atoms with Crippen molar-refractivity contribution >= 4 is 5.69 Å². The third-order valence-corrected chi connectivity index (χ3v) is 4.33. The third-order valence-electron chi connectivity index (χ3n) is 4.33. The first kappa shape index (κ1) is 14.0. The zero-order chi connectivity index (χ0) is 13.8. The van der Waals surface area contributed by atoms with Crippen molar-refractivity contribution in [3.8, 4) is 0 Å². The molecular formula is C15H22N2O2. The first-order valence-electron chi connectivity index (χ1n) is 7.06. The number of nitro benzene ring substituents is 1. The molecule has 1 aromatic carbocycles. The van der Waals surface area contributed by atoms with E-state index in [4.69, 9.17) is 0 Å². The Morgan fingerprint density at radius 2 is 2.16 bits per heavy atom. The van der Waals surface area contributed by atoms with Crippen molar-refractivity contribution in [3.05, 3.63) is 39.9 Å². The summed E-state index contributed by atoms with van der Waals surface area (Å²) in [5, 5.41) is 14.5. The quantitative estimate of drug-likeness (QED) is 0.650. The lowest BCUT2D eigenvalue weighted by molar-refractivity contribution is -0.385. The van der Waals surface area contributed by atoms with Gasteiger partial charge in [-0.3, -0.25) is 10.1 Å². The number of hydrogen-bond acceptors (Lipinski definition) is 3. The third kappa shape index (κ3) is 3.32. The van der Waals surface area contributed by atoms with Crippen LogP contribution in [0, 0.1) is 22.0 Å². The average Bonchev–Trinajstić information content (AvgIpc) is 2.81. The molecule has 1 saturated carbocycles. The molecule has 0 amide bonds. The number of nitrogens with zero attached hydrogens (tertiary/aromatic N) is 1. The van der Waals surface area contributed by atoms with Crippen LogP contribution in [0.1, 0.15) is 44.7 Å². The van der Waals surface area contributed by atoms with Gasteiger partial charge in [-0.2, -0.15) is 0 Å². The van der Waals surface area contributed by atoms with Crippen molar-refractivity contribution in [2.75, 3.05) is 6.54 Å². The fourth-order valence-electron chi connectivity index (χ4n) is 2.98. The molecule has 4 heteroatoms. The highest BCUT2D eigenvalue weighted by atomic mass is 16.6. The van der Waals surface area contributed by atoms with Crippen LogP contribution in [-0.4, -0.2) is 11.5 Å². The number of benzene rings is 1. The normalized spacial score (nSPS) is 24.3. The molecule has 1 aromatic rings. The SMILES string of the molecule is CC(NCC1CCCC1C)c1ccccc1[N+](=O)[O-]. The van der Waals surface area contributed by atoms with Crippen LogP contribution < -0.4 is 5.32 Å². The summed E-state index contributed by atoms with van der Waals surface area (Å²) in [6.45, 7) is 5.26. The summed E-state index contributed by atoms with van der Waals surface area (Å²) in [6, 6.07) is 7.01. The maximum Gasteiger partial charge on any atom is 0.274 e.